The van der Waals surface area contributed by atoms with Crippen LogP contribution in [0.4, 0.5) is 5.69 Å². The van der Waals surface area contributed by atoms with E-state index in [0.29, 0.717) is 24.5 Å². The third kappa shape index (κ3) is 4.73. The number of nitro groups is 1. The standard InChI is InChI=1S/C14H23N5O4/c1-11-14(19(21)22)12(2)18(16-11)5-3-13(20)15-4-6-17-7-9-23-10-8-17/h3-10H2,1-2H3,(H,15,20). The summed E-state index contributed by atoms with van der Waals surface area (Å²) in [7, 11) is 0. The van der Waals surface area contributed by atoms with Crippen LogP contribution in [0.5, 0.6) is 0 Å². The molecular formula is C14H23N5O4. The number of amides is 1. The minimum atomic E-state index is -0.434. The first kappa shape index (κ1) is 17.4. The van der Waals surface area contributed by atoms with Crippen molar-refractivity contribution < 1.29 is 14.5 Å². The average Bonchev–Trinajstić information content (AvgIpc) is 2.80. The monoisotopic (exact) mass is 325 g/mol. The van der Waals surface area contributed by atoms with Crippen molar-refractivity contribution in [3.8, 4) is 0 Å². The van der Waals surface area contributed by atoms with Gasteiger partial charge in [-0.2, -0.15) is 5.10 Å². The molecule has 1 saturated heterocycles. The molecule has 1 aromatic rings. The molecule has 0 atom stereocenters. The summed E-state index contributed by atoms with van der Waals surface area (Å²) in [5.74, 6) is -0.0755. The first-order valence-electron chi connectivity index (χ1n) is 7.74. The van der Waals surface area contributed by atoms with Crippen LogP contribution in [0.3, 0.4) is 0 Å². The minimum Gasteiger partial charge on any atom is -0.379 e. The Morgan fingerprint density at radius 3 is 2.65 bits per heavy atom. The highest BCUT2D eigenvalue weighted by molar-refractivity contribution is 5.75. The number of carbonyl (C=O) groups is 1. The topological polar surface area (TPSA) is 103 Å². The van der Waals surface area contributed by atoms with Gasteiger partial charge in [0.15, 0.2) is 0 Å². The number of ether oxygens (including phenoxy) is 1. The van der Waals surface area contributed by atoms with Gasteiger partial charge in [0.1, 0.15) is 11.4 Å². The highest BCUT2D eigenvalue weighted by Gasteiger charge is 2.21. The van der Waals surface area contributed by atoms with Crippen molar-refractivity contribution in [1.82, 2.24) is 20.0 Å². The van der Waals surface area contributed by atoms with Gasteiger partial charge >= 0.3 is 5.69 Å². The average molecular weight is 325 g/mol. The molecule has 1 aliphatic rings. The first-order valence-corrected chi connectivity index (χ1v) is 7.74. The van der Waals surface area contributed by atoms with E-state index in [9.17, 15) is 14.9 Å². The van der Waals surface area contributed by atoms with Crippen LogP contribution in [-0.2, 0) is 16.1 Å². The zero-order valence-electron chi connectivity index (χ0n) is 13.6. The number of nitrogens with one attached hydrogen (secondary N) is 1. The Hall–Kier alpha value is -2.00. The Labute approximate surface area is 134 Å². The Balaban J connectivity index is 1.74. The van der Waals surface area contributed by atoms with E-state index < -0.39 is 4.92 Å². The molecule has 0 aliphatic carbocycles. The van der Waals surface area contributed by atoms with Gasteiger partial charge in [0, 0.05) is 32.6 Å². The summed E-state index contributed by atoms with van der Waals surface area (Å²) < 4.78 is 6.79. The second-order valence-corrected chi connectivity index (χ2v) is 5.55. The summed E-state index contributed by atoms with van der Waals surface area (Å²) >= 11 is 0. The zero-order valence-corrected chi connectivity index (χ0v) is 13.6. The van der Waals surface area contributed by atoms with Crippen molar-refractivity contribution in [2.24, 2.45) is 0 Å². The van der Waals surface area contributed by atoms with Gasteiger partial charge in [-0.05, 0) is 13.8 Å². The SMILES string of the molecule is Cc1nn(CCC(=O)NCCN2CCOCC2)c(C)c1[N+](=O)[O-]. The third-order valence-electron chi connectivity index (χ3n) is 3.93. The Kier molecular flexibility index (Phi) is 6.05. The number of aryl methyl sites for hydroxylation is 2. The van der Waals surface area contributed by atoms with Gasteiger partial charge < -0.3 is 10.1 Å². The molecule has 0 aromatic carbocycles. The molecule has 23 heavy (non-hydrogen) atoms. The predicted octanol–water partition coefficient (Wildman–Crippen LogP) is 0.247. The number of aromatic nitrogens is 2. The maximum Gasteiger partial charge on any atom is 0.312 e. The molecule has 128 valence electrons. The van der Waals surface area contributed by atoms with Crippen molar-refractivity contribution in [3.63, 3.8) is 0 Å². The van der Waals surface area contributed by atoms with Crippen molar-refractivity contribution in [3.05, 3.63) is 21.5 Å². The van der Waals surface area contributed by atoms with Crippen LogP contribution in [0.2, 0.25) is 0 Å². The Morgan fingerprint density at radius 2 is 2.04 bits per heavy atom. The zero-order chi connectivity index (χ0) is 16.8. The number of hydrogen-bond acceptors (Lipinski definition) is 6. The largest absolute Gasteiger partial charge is 0.379 e. The summed E-state index contributed by atoms with van der Waals surface area (Å²) in [6, 6.07) is 0. The number of morpholine rings is 1. The molecule has 0 saturated carbocycles. The normalized spacial score (nSPS) is 15.6. The fourth-order valence-electron chi connectivity index (χ4n) is 2.64. The molecule has 1 aliphatic heterocycles. The Morgan fingerprint density at radius 1 is 1.35 bits per heavy atom. The van der Waals surface area contributed by atoms with Crippen molar-refractivity contribution in [2.45, 2.75) is 26.8 Å². The van der Waals surface area contributed by atoms with Gasteiger partial charge in [0.2, 0.25) is 5.91 Å². The van der Waals surface area contributed by atoms with Crippen molar-refractivity contribution >= 4 is 11.6 Å². The van der Waals surface area contributed by atoms with Gasteiger partial charge in [-0.3, -0.25) is 24.5 Å². The van der Waals surface area contributed by atoms with Gasteiger partial charge in [0.05, 0.1) is 24.7 Å². The summed E-state index contributed by atoms with van der Waals surface area (Å²) in [4.78, 5) is 24.6. The van der Waals surface area contributed by atoms with E-state index in [4.69, 9.17) is 4.74 Å². The van der Waals surface area contributed by atoms with E-state index in [1.165, 1.54) is 4.68 Å². The molecular weight excluding hydrogens is 302 g/mol. The smallest absolute Gasteiger partial charge is 0.312 e. The quantitative estimate of drug-likeness (QED) is 0.569. The van der Waals surface area contributed by atoms with Gasteiger partial charge in [0.25, 0.3) is 0 Å². The number of nitrogens with zero attached hydrogens (tertiary/aromatic N) is 4. The second-order valence-electron chi connectivity index (χ2n) is 5.55. The first-order chi connectivity index (χ1) is 11.0. The lowest BCUT2D eigenvalue weighted by Gasteiger charge is -2.26. The van der Waals surface area contributed by atoms with Crippen LogP contribution in [-0.4, -0.2) is 64.9 Å². The molecule has 9 heteroatoms. The highest BCUT2D eigenvalue weighted by Crippen LogP contribution is 2.21. The molecule has 1 aromatic heterocycles. The Bertz CT molecular complexity index is 566. The van der Waals surface area contributed by atoms with Gasteiger partial charge in [-0.25, -0.2) is 0 Å². The molecule has 1 amide bonds. The molecule has 2 rings (SSSR count). The van der Waals surface area contributed by atoms with Crippen LogP contribution in [0, 0.1) is 24.0 Å². The summed E-state index contributed by atoms with van der Waals surface area (Å²) in [5, 5.41) is 17.9. The lowest BCUT2D eigenvalue weighted by atomic mass is 10.3. The van der Waals surface area contributed by atoms with E-state index in [-0.39, 0.29) is 18.0 Å². The van der Waals surface area contributed by atoms with E-state index in [1.54, 1.807) is 13.8 Å². The maximum atomic E-state index is 11.9. The molecule has 0 unspecified atom stereocenters. The fourth-order valence-corrected chi connectivity index (χ4v) is 2.64. The molecule has 0 spiro atoms. The van der Waals surface area contributed by atoms with Gasteiger partial charge in [-0.15, -0.1) is 0 Å². The summed E-state index contributed by atoms with van der Waals surface area (Å²) in [5.41, 5.74) is 0.881. The molecule has 9 nitrogen and oxygen atoms in total. The highest BCUT2D eigenvalue weighted by atomic mass is 16.6. The lowest BCUT2D eigenvalue weighted by Crippen LogP contribution is -2.41. The van der Waals surface area contributed by atoms with Crippen molar-refractivity contribution in [1.29, 1.82) is 0 Å². The number of hydrogen-bond donors (Lipinski definition) is 1. The minimum absolute atomic E-state index is 0.0257. The van der Waals surface area contributed by atoms with Crippen LogP contribution in [0.15, 0.2) is 0 Å². The van der Waals surface area contributed by atoms with E-state index in [0.717, 1.165) is 32.8 Å². The van der Waals surface area contributed by atoms with Crippen LogP contribution < -0.4 is 5.32 Å². The molecule has 2 heterocycles. The summed E-state index contributed by atoms with van der Waals surface area (Å²) in [6.45, 7) is 8.25. The molecule has 1 fully saturated rings. The van der Waals surface area contributed by atoms with Crippen LogP contribution >= 0.6 is 0 Å². The third-order valence-corrected chi connectivity index (χ3v) is 3.93. The summed E-state index contributed by atoms with van der Waals surface area (Å²) in [6.07, 6.45) is 0.252. The molecule has 0 bridgehead atoms. The van der Waals surface area contributed by atoms with E-state index in [1.807, 2.05) is 0 Å². The van der Waals surface area contributed by atoms with Gasteiger partial charge in [-0.1, -0.05) is 0 Å². The number of carbonyl (C=O) groups excluding carboxylic acids is 1. The second kappa shape index (κ2) is 8.02. The molecule has 1 N–H and O–H groups in total. The van der Waals surface area contributed by atoms with Crippen molar-refractivity contribution in [2.75, 3.05) is 39.4 Å². The van der Waals surface area contributed by atoms with E-state index >= 15 is 0 Å². The van der Waals surface area contributed by atoms with E-state index in [2.05, 4.69) is 15.3 Å². The maximum absolute atomic E-state index is 11.9. The fraction of sp³-hybridized carbons (Fsp3) is 0.714. The van der Waals surface area contributed by atoms with Crippen LogP contribution in [0.1, 0.15) is 17.8 Å². The number of rotatable bonds is 7. The lowest BCUT2D eigenvalue weighted by molar-refractivity contribution is -0.386. The predicted molar refractivity (Wildman–Crippen MR) is 83.2 cm³/mol. The molecule has 0 radical (unpaired) electrons. The van der Waals surface area contributed by atoms with Crippen LogP contribution in [0.25, 0.3) is 0 Å².